The highest BCUT2D eigenvalue weighted by Crippen LogP contribution is 2.35. The number of ether oxygens (including phenoxy) is 4. The Kier molecular flexibility index (Phi) is 6.84. The molecule has 0 saturated heterocycles. The monoisotopic (exact) mass is 591 g/mol. The summed E-state index contributed by atoms with van der Waals surface area (Å²) in [6.45, 7) is 1.00. The van der Waals surface area contributed by atoms with Crippen LogP contribution in [0.4, 0.5) is 0 Å². The number of nitrogens with zero attached hydrogens (tertiary/aromatic N) is 5. The van der Waals surface area contributed by atoms with E-state index < -0.39 is 0 Å². The number of hydrogen-bond acceptors (Lipinski definition) is 9. The summed E-state index contributed by atoms with van der Waals surface area (Å²) in [5, 5.41) is 9.32. The van der Waals surface area contributed by atoms with E-state index in [2.05, 4.69) is 10.1 Å². The van der Waals surface area contributed by atoms with Crippen molar-refractivity contribution in [3.63, 3.8) is 0 Å². The van der Waals surface area contributed by atoms with Gasteiger partial charge in [0.1, 0.15) is 18.9 Å². The van der Waals surface area contributed by atoms with E-state index in [9.17, 15) is 4.79 Å². The minimum Gasteiger partial charge on any atom is -0.493 e. The van der Waals surface area contributed by atoms with Crippen molar-refractivity contribution in [1.82, 2.24) is 24.4 Å². The van der Waals surface area contributed by atoms with Crippen LogP contribution in [0.15, 0.2) is 77.7 Å². The van der Waals surface area contributed by atoms with E-state index in [1.54, 1.807) is 25.0 Å². The van der Waals surface area contributed by atoms with Crippen molar-refractivity contribution in [2.45, 2.75) is 0 Å². The van der Waals surface area contributed by atoms with Gasteiger partial charge in [0.25, 0.3) is 5.56 Å². The summed E-state index contributed by atoms with van der Waals surface area (Å²) in [6, 6.07) is 21.1. The van der Waals surface area contributed by atoms with Crippen LogP contribution < -0.4 is 29.0 Å². The number of aromatic nitrogens is 5. The summed E-state index contributed by atoms with van der Waals surface area (Å²) in [5.74, 6) is 3.06. The molecule has 214 valence electrons. The Hall–Kier alpha value is -5.42. The third-order valence-electron chi connectivity index (χ3n) is 6.90. The molecular weight excluding hydrogens is 566 g/mol. The van der Waals surface area contributed by atoms with Gasteiger partial charge in [0, 0.05) is 17.3 Å². The first kappa shape index (κ1) is 26.5. The van der Waals surface area contributed by atoms with E-state index in [1.807, 2.05) is 85.1 Å². The van der Waals surface area contributed by atoms with Gasteiger partial charge in [-0.2, -0.15) is 14.6 Å². The zero-order valence-electron chi connectivity index (χ0n) is 23.3. The molecule has 3 aromatic heterocycles. The molecule has 1 aliphatic heterocycles. The third-order valence-corrected chi connectivity index (χ3v) is 7.86. The Bertz CT molecular complexity index is 2100. The molecule has 3 aromatic carbocycles. The molecule has 0 fully saturated rings. The van der Waals surface area contributed by atoms with Gasteiger partial charge >= 0.3 is 0 Å². The first-order valence-corrected chi connectivity index (χ1v) is 14.3. The topological polar surface area (TPSA) is 102 Å². The summed E-state index contributed by atoms with van der Waals surface area (Å²) in [5.41, 5.74) is 3.86. The van der Waals surface area contributed by atoms with E-state index in [1.165, 1.54) is 15.9 Å². The smallest absolute Gasteiger partial charge is 0.291 e. The van der Waals surface area contributed by atoms with Gasteiger partial charge in [-0.05, 0) is 60.2 Å². The molecule has 4 heterocycles. The first-order valence-electron chi connectivity index (χ1n) is 13.5. The van der Waals surface area contributed by atoms with Crippen molar-refractivity contribution < 1.29 is 18.9 Å². The highest BCUT2D eigenvalue weighted by atomic mass is 32.1. The van der Waals surface area contributed by atoms with Gasteiger partial charge in [-0.15, -0.1) is 5.10 Å². The molecular formula is C32H25N5O5S. The Morgan fingerprint density at radius 3 is 2.49 bits per heavy atom. The number of hydrogen-bond donors (Lipinski definition) is 0. The Balaban J connectivity index is 1.26. The Labute approximate surface area is 249 Å². The lowest BCUT2D eigenvalue weighted by Gasteiger charge is -2.18. The van der Waals surface area contributed by atoms with Crippen LogP contribution in [0.2, 0.25) is 0 Å². The molecule has 1 aliphatic rings. The molecule has 0 amide bonds. The molecule has 0 saturated carbocycles. The molecule has 0 radical (unpaired) electrons. The minimum atomic E-state index is -0.251. The van der Waals surface area contributed by atoms with E-state index in [0.29, 0.717) is 57.2 Å². The summed E-state index contributed by atoms with van der Waals surface area (Å²) >= 11 is 1.27. The van der Waals surface area contributed by atoms with Crippen LogP contribution in [0.1, 0.15) is 17.0 Å². The number of thiazole rings is 1. The van der Waals surface area contributed by atoms with Gasteiger partial charge < -0.3 is 18.9 Å². The lowest BCUT2D eigenvalue weighted by atomic mass is 10.1. The zero-order valence-corrected chi connectivity index (χ0v) is 24.1. The van der Waals surface area contributed by atoms with Gasteiger partial charge in [0.2, 0.25) is 4.96 Å². The van der Waals surface area contributed by atoms with Crippen LogP contribution in [-0.4, -0.2) is 51.8 Å². The van der Waals surface area contributed by atoms with E-state index in [0.717, 1.165) is 22.4 Å². The highest BCUT2D eigenvalue weighted by Gasteiger charge is 2.18. The maximum atomic E-state index is 13.4. The quantitative estimate of drug-likeness (QED) is 0.267. The van der Waals surface area contributed by atoms with Gasteiger partial charge in [0.05, 0.1) is 24.4 Å². The number of rotatable bonds is 7. The molecule has 43 heavy (non-hydrogen) atoms. The number of fused-ring (bicyclic) bond motifs is 2. The lowest BCUT2D eigenvalue weighted by Crippen LogP contribution is -2.23. The van der Waals surface area contributed by atoms with Gasteiger partial charge in [-0.3, -0.25) is 4.79 Å². The zero-order chi connectivity index (χ0) is 29.3. The first-order chi connectivity index (χ1) is 21.1. The summed E-state index contributed by atoms with van der Waals surface area (Å²) in [7, 11) is 3.18. The molecule has 0 N–H and O–H groups in total. The second-order valence-corrected chi connectivity index (χ2v) is 10.6. The van der Waals surface area contributed by atoms with Crippen LogP contribution in [0.25, 0.3) is 40.1 Å². The fourth-order valence-electron chi connectivity index (χ4n) is 4.81. The van der Waals surface area contributed by atoms with E-state index >= 15 is 0 Å². The van der Waals surface area contributed by atoms with Crippen molar-refractivity contribution in [2.24, 2.45) is 0 Å². The van der Waals surface area contributed by atoms with Gasteiger partial charge in [-0.1, -0.05) is 41.7 Å². The van der Waals surface area contributed by atoms with Crippen LogP contribution in [0.3, 0.4) is 0 Å². The summed E-state index contributed by atoms with van der Waals surface area (Å²) in [6.07, 6.45) is 7.36. The predicted octanol–water partition coefficient (Wildman–Crippen LogP) is 4.51. The molecule has 0 aliphatic carbocycles. The maximum Gasteiger partial charge on any atom is 0.291 e. The molecule has 0 spiro atoms. The lowest BCUT2D eigenvalue weighted by molar-refractivity contribution is 0.171. The Morgan fingerprint density at radius 1 is 0.884 bits per heavy atom. The number of para-hydroxylation sites is 1. The summed E-state index contributed by atoms with van der Waals surface area (Å²) in [4.78, 5) is 18.5. The maximum absolute atomic E-state index is 13.4. The van der Waals surface area contributed by atoms with Gasteiger partial charge in [-0.25, -0.2) is 4.68 Å². The highest BCUT2D eigenvalue weighted by molar-refractivity contribution is 7.15. The molecule has 7 rings (SSSR count). The fourth-order valence-corrected chi connectivity index (χ4v) is 5.71. The normalized spacial score (nSPS) is 13.2. The number of methoxy groups -OCH3 is 2. The van der Waals surface area contributed by atoms with Gasteiger partial charge in [0.15, 0.2) is 28.8 Å². The molecule has 11 heteroatoms. The molecule has 6 aromatic rings. The molecule has 0 atom stereocenters. The fraction of sp³-hybridized carbons (Fsp3) is 0.125. The standard InChI is InChI=1S/C32H25N5O5S/c1-39-24-11-8-20(16-26(24)40-2)9-13-29-33-32-37(34-29)31(38)28(43-32)18-22-19-36(23-6-4-3-5-7-23)35-30(22)21-10-12-25-27(17-21)42-15-14-41-25/h3-13,16-19H,14-15H2,1-2H3. The van der Waals surface area contributed by atoms with Crippen LogP contribution >= 0.6 is 11.3 Å². The van der Waals surface area contributed by atoms with Crippen LogP contribution in [0, 0.1) is 0 Å². The minimum absolute atomic E-state index is 0.251. The second kappa shape index (κ2) is 11.1. The average molecular weight is 592 g/mol. The molecule has 10 nitrogen and oxygen atoms in total. The second-order valence-electron chi connectivity index (χ2n) is 9.60. The van der Waals surface area contributed by atoms with E-state index in [4.69, 9.17) is 24.0 Å². The van der Waals surface area contributed by atoms with Crippen molar-refractivity contribution in [2.75, 3.05) is 27.4 Å². The average Bonchev–Trinajstić information content (AvgIpc) is 3.74. The Morgan fingerprint density at radius 2 is 1.70 bits per heavy atom. The predicted molar refractivity (Wildman–Crippen MR) is 164 cm³/mol. The van der Waals surface area contributed by atoms with Crippen molar-refractivity contribution >= 4 is 34.5 Å². The van der Waals surface area contributed by atoms with Crippen molar-refractivity contribution in [3.8, 4) is 39.9 Å². The summed E-state index contributed by atoms with van der Waals surface area (Å²) < 4.78 is 25.8. The number of benzene rings is 3. The van der Waals surface area contributed by atoms with Crippen molar-refractivity contribution in [3.05, 3.63) is 105 Å². The largest absolute Gasteiger partial charge is 0.493 e. The van der Waals surface area contributed by atoms with E-state index in [-0.39, 0.29) is 5.56 Å². The molecule has 0 unspecified atom stereocenters. The molecule has 0 bridgehead atoms. The van der Waals surface area contributed by atoms with Crippen molar-refractivity contribution in [1.29, 1.82) is 0 Å². The SMILES string of the molecule is COc1ccc(C=Cc2nc3sc(=Cc4cn(-c5ccccc5)nc4-c4ccc5c(c4)OCCO5)c(=O)n3n2)cc1OC. The van der Waals surface area contributed by atoms with Crippen LogP contribution in [0.5, 0.6) is 23.0 Å². The third kappa shape index (κ3) is 5.10. The van der Waals surface area contributed by atoms with Crippen LogP contribution in [-0.2, 0) is 0 Å².